The molecule has 1 unspecified atom stereocenters. The molecule has 2 rings (SSSR count). The molecule has 0 aromatic heterocycles. The van der Waals surface area contributed by atoms with Crippen molar-refractivity contribution in [3.63, 3.8) is 0 Å². The molecule has 1 amide bonds. The van der Waals surface area contributed by atoms with E-state index in [1.165, 1.54) is 0 Å². The predicted molar refractivity (Wildman–Crippen MR) is 80.1 cm³/mol. The minimum Gasteiger partial charge on any atom is -0.368 e. The van der Waals surface area contributed by atoms with Gasteiger partial charge in [0.2, 0.25) is 15.9 Å². The summed E-state index contributed by atoms with van der Waals surface area (Å²) >= 11 is 5.58. The van der Waals surface area contributed by atoms with E-state index in [9.17, 15) is 17.6 Å². The Bertz CT molecular complexity index is 797. The lowest BCUT2D eigenvalue weighted by molar-refractivity contribution is -0.119. The van der Waals surface area contributed by atoms with E-state index in [1.807, 2.05) is 0 Å². The van der Waals surface area contributed by atoms with Crippen LogP contribution in [0.15, 0.2) is 53.4 Å². The summed E-state index contributed by atoms with van der Waals surface area (Å²) in [4.78, 5) is 11.3. The molecular formula is C14H12ClFN2O3S. The number of benzene rings is 2. The monoisotopic (exact) mass is 342 g/mol. The molecule has 0 aliphatic rings. The summed E-state index contributed by atoms with van der Waals surface area (Å²) in [5, 5.41) is -0.335. The first kappa shape index (κ1) is 16.4. The number of hydrogen-bond acceptors (Lipinski definition) is 3. The van der Waals surface area contributed by atoms with E-state index in [0.717, 1.165) is 18.2 Å². The number of carbonyl (C=O) groups excluding carboxylic acids is 1. The van der Waals surface area contributed by atoms with Crippen LogP contribution in [-0.2, 0) is 14.8 Å². The first-order valence-electron chi connectivity index (χ1n) is 6.13. The van der Waals surface area contributed by atoms with E-state index in [4.69, 9.17) is 17.3 Å². The third kappa shape index (κ3) is 3.62. The lowest BCUT2D eigenvalue weighted by Gasteiger charge is -2.16. The average molecular weight is 343 g/mol. The highest BCUT2D eigenvalue weighted by molar-refractivity contribution is 7.89. The van der Waals surface area contributed by atoms with Gasteiger partial charge in [0, 0.05) is 0 Å². The molecule has 8 heteroatoms. The third-order valence-corrected chi connectivity index (χ3v) is 4.60. The molecule has 0 spiro atoms. The Morgan fingerprint density at radius 3 is 2.36 bits per heavy atom. The van der Waals surface area contributed by atoms with Gasteiger partial charge in [-0.15, -0.1) is 0 Å². The number of amides is 1. The van der Waals surface area contributed by atoms with Crippen LogP contribution >= 0.6 is 11.6 Å². The fourth-order valence-electron chi connectivity index (χ4n) is 1.80. The van der Waals surface area contributed by atoms with Gasteiger partial charge < -0.3 is 5.73 Å². The van der Waals surface area contributed by atoms with Gasteiger partial charge in [-0.05, 0) is 23.8 Å². The van der Waals surface area contributed by atoms with Crippen LogP contribution in [0.25, 0.3) is 0 Å². The standard InChI is InChI=1S/C14H12ClFN2O3S/c15-11-8-10(6-7-12(11)16)22(20,21)18-13(14(17)19)9-4-2-1-3-5-9/h1-8,13,18H,(H2,17,19). The third-order valence-electron chi connectivity index (χ3n) is 2.89. The van der Waals surface area contributed by atoms with Crippen LogP contribution in [0.5, 0.6) is 0 Å². The Labute approximate surface area is 131 Å². The van der Waals surface area contributed by atoms with Gasteiger partial charge >= 0.3 is 0 Å². The molecule has 0 radical (unpaired) electrons. The molecule has 0 fully saturated rings. The molecule has 22 heavy (non-hydrogen) atoms. The summed E-state index contributed by atoms with van der Waals surface area (Å²) in [5.41, 5.74) is 5.65. The number of halogens is 2. The van der Waals surface area contributed by atoms with Gasteiger partial charge in [-0.3, -0.25) is 4.79 Å². The molecule has 0 saturated heterocycles. The number of nitrogens with two attached hydrogens (primary N) is 1. The fourth-order valence-corrected chi connectivity index (χ4v) is 3.27. The number of nitrogens with one attached hydrogen (secondary N) is 1. The molecule has 2 aromatic rings. The molecule has 0 heterocycles. The van der Waals surface area contributed by atoms with E-state index in [0.29, 0.717) is 5.56 Å². The van der Waals surface area contributed by atoms with Crippen molar-refractivity contribution in [2.24, 2.45) is 5.73 Å². The maximum absolute atomic E-state index is 13.1. The summed E-state index contributed by atoms with van der Waals surface area (Å²) in [6.07, 6.45) is 0. The minimum absolute atomic E-state index is 0.263. The zero-order chi connectivity index (χ0) is 16.3. The van der Waals surface area contributed by atoms with E-state index in [2.05, 4.69) is 4.72 Å². The molecule has 0 aliphatic heterocycles. The van der Waals surface area contributed by atoms with Gasteiger partial charge in [-0.25, -0.2) is 12.8 Å². The zero-order valence-electron chi connectivity index (χ0n) is 11.2. The van der Waals surface area contributed by atoms with E-state index >= 15 is 0 Å². The van der Waals surface area contributed by atoms with Crippen LogP contribution in [0.3, 0.4) is 0 Å². The van der Waals surface area contributed by atoms with Gasteiger partial charge in [-0.2, -0.15) is 4.72 Å². The Kier molecular flexibility index (Phi) is 4.80. The van der Waals surface area contributed by atoms with Crippen molar-refractivity contribution in [2.45, 2.75) is 10.9 Å². The SMILES string of the molecule is NC(=O)C(NS(=O)(=O)c1ccc(F)c(Cl)c1)c1ccccc1. The van der Waals surface area contributed by atoms with E-state index < -0.39 is 27.8 Å². The van der Waals surface area contributed by atoms with Crippen molar-refractivity contribution < 1.29 is 17.6 Å². The summed E-state index contributed by atoms with van der Waals surface area (Å²) in [5.74, 6) is -1.60. The summed E-state index contributed by atoms with van der Waals surface area (Å²) in [6, 6.07) is 9.84. The summed E-state index contributed by atoms with van der Waals surface area (Å²) < 4.78 is 39.9. The van der Waals surface area contributed by atoms with E-state index in [-0.39, 0.29) is 9.92 Å². The predicted octanol–water partition coefficient (Wildman–Crippen LogP) is 1.98. The molecule has 1 atom stereocenters. The van der Waals surface area contributed by atoms with Gasteiger partial charge in [0.25, 0.3) is 0 Å². The van der Waals surface area contributed by atoms with Crippen molar-refractivity contribution in [2.75, 3.05) is 0 Å². The van der Waals surface area contributed by atoms with Crippen LogP contribution in [0.2, 0.25) is 5.02 Å². The van der Waals surface area contributed by atoms with Crippen LogP contribution < -0.4 is 10.5 Å². The maximum atomic E-state index is 13.1. The van der Waals surface area contributed by atoms with Crippen molar-refractivity contribution in [3.05, 3.63) is 64.9 Å². The van der Waals surface area contributed by atoms with Crippen molar-refractivity contribution in [1.29, 1.82) is 0 Å². The largest absolute Gasteiger partial charge is 0.368 e. The van der Waals surface area contributed by atoms with Crippen molar-refractivity contribution in [3.8, 4) is 0 Å². The van der Waals surface area contributed by atoms with Gasteiger partial charge in [0.05, 0.1) is 9.92 Å². The van der Waals surface area contributed by atoms with Crippen LogP contribution in [-0.4, -0.2) is 14.3 Å². The fraction of sp³-hybridized carbons (Fsp3) is 0.0714. The average Bonchev–Trinajstić information content (AvgIpc) is 2.48. The number of sulfonamides is 1. The number of carbonyl (C=O) groups is 1. The second-order valence-corrected chi connectivity index (χ2v) is 6.56. The van der Waals surface area contributed by atoms with Crippen LogP contribution in [0.1, 0.15) is 11.6 Å². The summed E-state index contributed by atoms with van der Waals surface area (Å²) in [6.45, 7) is 0. The normalized spacial score (nSPS) is 12.8. The van der Waals surface area contributed by atoms with Gasteiger partial charge in [0.15, 0.2) is 0 Å². The lowest BCUT2D eigenvalue weighted by atomic mass is 10.1. The molecule has 0 aliphatic carbocycles. The smallest absolute Gasteiger partial charge is 0.241 e. The first-order chi connectivity index (χ1) is 10.3. The number of primary amides is 1. The van der Waals surface area contributed by atoms with Crippen molar-refractivity contribution in [1.82, 2.24) is 4.72 Å². The maximum Gasteiger partial charge on any atom is 0.241 e. The molecule has 2 aromatic carbocycles. The zero-order valence-corrected chi connectivity index (χ0v) is 12.7. The van der Waals surface area contributed by atoms with Gasteiger partial charge in [0.1, 0.15) is 11.9 Å². The van der Waals surface area contributed by atoms with Crippen LogP contribution in [0.4, 0.5) is 4.39 Å². The summed E-state index contributed by atoms with van der Waals surface area (Å²) in [7, 11) is -4.09. The molecular weight excluding hydrogens is 331 g/mol. The first-order valence-corrected chi connectivity index (χ1v) is 7.99. The number of hydrogen-bond donors (Lipinski definition) is 2. The van der Waals surface area contributed by atoms with Crippen molar-refractivity contribution >= 4 is 27.5 Å². The second kappa shape index (κ2) is 6.43. The Morgan fingerprint density at radius 2 is 1.82 bits per heavy atom. The molecule has 0 bridgehead atoms. The quantitative estimate of drug-likeness (QED) is 0.870. The highest BCUT2D eigenvalue weighted by Crippen LogP contribution is 2.21. The molecule has 0 saturated carbocycles. The highest BCUT2D eigenvalue weighted by atomic mass is 35.5. The topological polar surface area (TPSA) is 89.3 Å². The second-order valence-electron chi connectivity index (χ2n) is 4.44. The minimum atomic E-state index is -4.09. The van der Waals surface area contributed by atoms with E-state index in [1.54, 1.807) is 30.3 Å². The number of rotatable bonds is 5. The highest BCUT2D eigenvalue weighted by Gasteiger charge is 2.25. The molecule has 5 nitrogen and oxygen atoms in total. The Hall–Kier alpha value is -1.96. The van der Waals surface area contributed by atoms with Crippen LogP contribution in [0, 0.1) is 5.82 Å². The lowest BCUT2D eigenvalue weighted by Crippen LogP contribution is -2.37. The Morgan fingerprint density at radius 1 is 1.18 bits per heavy atom. The van der Waals surface area contributed by atoms with Gasteiger partial charge in [-0.1, -0.05) is 41.9 Å². The Balaban J connectivity index is 2.36. The molecule has 3 N–H and O–H groups in total. The molecule has 116 valence electrons.